The van der Waals surface area contributed by atoms with E-state index < -0.39 is 5.97 Å². The number of hydrogen-bond donors (Lipinski definition) is 1. The van der Waals surface area contributed by atoms with Crippen molar-refractivity contribution in [3.05, 3.63) is 63.2 Å². The lowest BCUT2D eigenvalue weighted by Gasteiger charge is -2.27. The molecule has 0 saturated carbocycles. The molecule has 3 heterocycles. The Kier molecular flexibility index (Phi) is 5.39. The molecule has 0 atom stereocenters. The lowest BCUT2D eigenvalue weighted by Crippen LogP contribution is -2.37. The van der Waals surface area contributed by atoms with Crippen molar-refractivity contribution in [3.63, 3.8) is 0 Å². The van der Waals surface area contributed by atoms with E-state index in [0.717, 1.165) is 35.0 Å². The van der Waals surface area contributed by atoms with Crippen LogP contribution in [0.25, 0.3) is 10.9 Å². The van der Waals surface area contributed by atoms with Gasteiger partial charge in [-0.1, -0.05) is 13.3 Å². The number of rotatable bonds is 5. The second-order valence-electron chi connectivity index (χ2n) is 7.44. The zero-order valence-corrected chi connectivity index (χ0v) is 17.1. The molecule has 0 aliphatic carbocycles. The average Bonchev–Trinajstić information content (AvgIpc) is 3.14. The molecule has 0 radical (unpaired) electrons. The van der Waals surface area contributed by atoms with Gasteiger partial charge in [0.1, 0.15) is 5.69 Å². The number of methoxy groups -OCH3 is 1. The first-order chi connectivity index (χ1) is 14.5. The predicted molar refractivity (Wildman–Crippen MR) is 111 cm³/mol. The van der Waals surface area contributed by atoms with E-state index in [9.17, 15) is 14.4 Å². The smallest absolute Gasteiger partial charge is 0.337 e. The number of esters is 1. The van der Waals surface area contributed by atoms with Crippen LogP contribution < -0.4 is 5.56 Å². The highest BCUT2D eigenvalue weighted by atomic mass is 16.5. The molecule has 1 amide bonds. The number of nitrogens with zero attached hydrogens (tertiary/aromatic N) is 3. The molecule has 1 aliphatic rings. The molecule has 1 aromatic carbocycles. The van der Waals surface area contributed by atoms with Gasteiger partial charge in [0.2, 0.25) is 0 Å². The van der Waals surface area contributed by atoms with E-state index in [0.29, 0.717) is 31.6 Å². The van der Waals surface area contributed by atoms with Gasteiger partial charge in [0, 0.05) is 54.3 Å². The number of carbonyl (C=O) groups is 2. The van der Waals surface area contributed by atoms with Crippen molar-refractivity contribution in [1.82, 2.24) is 19.7 Å². The van der Waals surface area contributed by atoms with Crippen molar-refractivity contribution < 1.29 is 14.3 Å². The molecule has 2 aromatic heterocycles. The number of unbranched alkanes of at least 4 members (excludes halogenated alkanes) is 1. The molecule has 1 N–H and O–H groups in total. The molecule has 4 rings (SSSR count). The fraction of sp³-hybridized carbons (Fsp3) is 0.364. The summed E-state index contributed by atoms with van der Waals surface area (Å²) in [5.41, 5.74) is 3.52. The third-order valence-electron chi connectivity index (χ3n) is 5.49. The third kappa shape index (κ3) is 3.60. The highest BCUT2D eigenvalue weighted by molar-refractivity contribution is 5.97. The van der Waals surface area contributed by atoms with Crippen molar-refractivity contribution in [1.29, 1.82) is 0 Å². The Morgan fingerprint density at radius 1 is 1.23 bits per heavy atom. The zero-order chi connectivity index (χ0) is 21.3. The van der Waals surface area contributed by atoms with E-state index in [1.165, 1.54) is 23.9 Å². The van der Waals surface area contributed by atoms with E-state index in [2.05, 4.69) is 10.1 Å². The van der Waals surface area contributed by atoms with Crippen molar-refractivity contribution in [2.45, 2.75) is 39.3 Å². The van der Waals surface area contributed by atoms with Crippen LogP contribution in [0.4, 0.5) is 0 Å². The van der Waals surface area contributed by atoms with Crippen LogP contribution >= 0.6 is 0 Å². The fourth-order valence-electron chi connectivity index (χ4n) is 3.83. The average molecular weight is 408 g/mol. The van der Waals surface area contributed by atoms with Gasteiger partial charge in [-0.25, -0.2) is 9.48 Å². The number of amides is 1. The number of aryl methyl sites for hydroxylation is 1. The molecule has 0 fully saturated rings. The van der Waals surface area contributed by atoms with Gasteiger partial charge >= 0.3 is 5.97 Å². The highest BCUT2D eigenvalue weighted by Crippen LogP contribution is 2.29. The quantitative estimate of drug-likeness (QED) is 0.654. The van der Waals surface area contributed by atoms with Gasteiger partial charge in [0.05, 0.1) is 12.7 Å². The Bertz CT molecular complexity index is 1180. The summed E-state index contributed by atoms with van der Waals surface area (Å²) in [5.74, 6) is -0.599. The Morgan fingerprint density at radius 3 is 2.83 bits per heavy atom. The van der Waals surface area contributed by atoms with E-state index >= 15 is 0 Å². The SMILES string of the molecule is CCCCn1nc(C(=O)N2CCc3[nH]c4ccc(C(=O)OC)cc4c3C2)ccc1=O. The maximum absolute atomic E-state index is 13.1. The number of benzene rings is 1. The summed E-state index contributed by atoms with van der Waals surface area (Å²) in [7, 11) is 1.35. The Morgan fingerprint density at radius 2 is 2.07 bits per heavy atom. The van der Waals surface area contributed by atoms with E-state index in [1.807, 2.05) is 13.0 Å². The molecule has 0 saturated heterocycles. The number of fused-ring (bicyclic) bond motifs is 3. The summed E-state index contributed by atoms with van der Waals surface area (Å²) >= 11 is 0. The van der Waals surface area contributed by atoms with Crippen molar-refractivity contribution >= 4 is 22.8 Å². The second kappa shape index (κ2) is 8.14. The van der Waals surface area contributed by atoms with E-state index in [1.54, 1.807) is 17.0 Å². The van der Waals surface area contributed by atoms with Crippen molar-refractivity contribution in [2.24, 2.45) is 0 Å². The first kappa shape index (κ1) is 19.9. The Hall–Kier alpha value is -3.42. The standard InChI is InChI=1S/C22H24N4O4/c1-3-4-10-26-20(27)8-7-19(24-26)21(28)25-11-9-18-16(13-25)15-12-14(22(29)30-2)5-6-17(15)23-18/h5-8,12,23H,3-4,9-11,13H2,1-2H3. The molecule has 0 unspecified atom stereocenters. The number of ether oxygens (including phenoxy) is 1. The second-order valence-corrected chi connectivity index (χ2v) is 7.44. The van der Waals surface area contributed by atoms with Gasteiger partial charge in [0.15, 0.2) is 0 Å². The number of hydrogen-bond acceptors (Lipinski definition) is 5. The van der Waals surface area contributed by atoms with Crippen LogP contribution in [0.1, 0.15) is 51.9 Å². The summed E-state index contributed by atoms with van der Waals surface area (Å²) in [6.07, 6.45) is 2.45. The summed E-state index contributed by atoms with van der Waals surface area (Å²) in [6.45, 7) is 3.50. The van der Waals surface area contributed by atoms with Gasteiger partial charge in [-0.3, -0.25) is 9.59 Å². The molecular weight excluding hydrogens is 384 g/mol. The number of carbonyl (C=O) groups excluding carboxylic acids is 2. The zero-order valence-electron chi connectivity index (χ0n) is 17.1. The molecule has 156 valence electrons. The van der Waals surface area contributed by atoms with Crippen LogP contribution in [0, 0.1) is 0 Å². The van der Waals surface area contributed by atoms with E-state index in [-0.39, 0.29) is 17.2 Å². The van der Waals surface area contributed by atoms with Crippen LogP contribution in [0.15, 0.2) is 35.1 Å². The fourth-order valence-corrected chi connectivity index (χ4v) is 3.83. The van der Waals surface area contributed by atoms with Crippen LogP contribution in [0.3, 0.4) is 0 Å². The summed E-state index contributed by atoms with van der Waals surface area (Å²) in [6, 6.07) is 8.28. The number of aromatic nitrogens is 3. The largest absolute Gasteiger partial charge is 0.465 e. The maximum Gasteiger partial charge on any atom is 0.337 e. The third-order valence-corrected chi connectivity index (χ3v) is 5.49. The van der Waals surface area contributed by atoms with Crippen LogP contribution in [0.2, 0.25) is 0 Å². The molecule has 0 bridgehead atoms. The molecule has 30 heavy (non-hydrogen) atoms. The van der Waals surface area contributed by atoms with Crippen molar-refractivity contribution in [3.8, 4) is 0 Å². The molecular formula is C22H24N4O4. The summed E-state index contributed by atoms with van der Waals surface area (Å²) in [4.78, 5) is 42.1. The summed E-state index contributed by atoms with van der Waals surface area (Å²) < 4.78 is 6.18. The molecule has 1 aliphatic heterocycles. The van der Waals surface area contributed by atoms with Crippen LogP contribution in [-0.4, -0.2) is 45.2 Å². The minimum absolute atomic E-state index is 0.201. The lowest BCUT2D eigenvalue weighted by atomic mass is 10.0. The predicted octanol–water partition coefficient (Wildman–Crippen LogP) is 2.51. The normalized spacial score (nSPS) is 13.3. The van der Waals surface area contributed by atoms with E-state index in [4.69, 9.17) is 4.74 Å². The topological polar surface area (TPSA) is 97.3 Å². The van der Waals surface area contributed by atoms with Gasteiger partial charge < -0.3 is 14.6 Å². The highest BCUT2D eigenvalue weighted by Gasteiger charge is 2.26. The Balaban J connectivity index is 1.63. The molecule has 3 aromatic rings. The molecule has 0 spiro atoms. The van der Waals surface area contributed by atoms with Crippen molar-refractivity contribution in [2.75, 3.05) is 13.7 Å². The molecule has 8 nitrogen and oxygen atoms in total. The van der Waals surface area contributed by atoms with Gasteiger partial charge in [0.25, 0.3) is 11.5 Å². The van der Waals surface area contributed by atoms with Gasteiger partial charge in [-0.2, -0.15) is 5.10 Å². The number of H-pyrrole nitrogens is 1. The monoisotopic (exact) mass is 408 g/mol. The lowest BCUT2D eigenvalue weighted by molar-refractivity contribution is 0.0600. The minimum Gasteiger partial charge on any atom is -0.465 e. The first-order valence-electron chi connectivity index (χ1n) is 10.1. The van der Waals surface area contributed by atoms with Gasteiger partial charge in [-0.15, -0.1) is 0 Å². The molecule has 8 heteroatoms. The first-order valence-corrected chi connectivity index (χ1v) is 10.1. The summed E-state index contributed by atoms with van der Waals surface area (Å²) in [5, 5.41) is 5.19. The number of nitrogens with one attached hydrogen (secondary N) is 1. The minimum atomic E-state index is -0.394. The Labute approximate surface area is 173 Å². The number of aromatic amines is 1. The van der Waals surface area contributed by atoms with Crippen LogP contribution in [0.5, 0.6) is 0 Å². The van der Waals surface area contributed by atoms with Gasteiger partial charge in [-0.05, 0) is 30.7 Å². The maximum atomic E-state index is 13.1. The van der Waals surface area contributed by atoms with Crippen LogP contribution in [-0.2, 0) is 24.2 Å².